The summed E-state index contributed by atoms with van der Waals surface area (Å²) >= 11 is 0. The molecule has 2 heteroatoms. The lowest BCUT2D eigenvalue weighted by molar-refractivity contribution is 0.314. The van der Waals surface area contributed by atoms with Crippen LogP contribution < -0.4 is 11.1 Å². The van der Waals surface area contributed by atoms with E-state index in [0.717, 1.165) is 5.92 Å². The van der Waals surface area contributed by atoms with Crippen LogP contribution in [-0.4, -0.2) is 19.1 Å². The molecule has 3 N–H and O–H groups in total. The van der Waals surface area contributed by atoms with Gasteiger partial charge in [0.15, 0.2) is 0 Å². The average Bonchev–Trinajstić information content (AvgIpc) is 1.60. The number of nitrogens with one attached hydrogen (secondary N) is 1. The van der Waals surface area contributed by atoms with Crippen LogP contribution in [0, 0.1) is 5.92 Å². The van der Waals surface area contributed by atoms with Crippen LogP contribution in [0.3, 0.4) is 0 Å². The minimum absolute atomic E-state index is 0.394. The van der Waals surface area contributed by atoms with E-state index in [2.05, 4.69) is 12.2 Å². The van der Waals surface area contributed by atoms with Gasteiger partial charge in [-0.15, -0.1) is 0 Å². The first kappa shape index (κ1) is 7.03. The quantitative estimate of drug-likeness (QED) is 0.575. The second-order valence-corrected chi connectivity index (χ2v) is 3.08. The van der Waals surface area contributed by atoms with Gasteiger partial charge >= 0.3 is 0 Å². The maximum absolute atomic E-state index is 5.60. The molecule has 0 spiro atoms. The molecule has 0 bridgehead atoms. The molecule has 1 heterocycles. The fraction of sp³-hybridized carbons (Fsp3) is 1.00. The molecule has 0 aromatic rings. The van der Waals surface area contributed by atoms with Crippen molar-refractivity contribution < 1.29 is 0 Å². The Bertz CT molecular complexity index is 77.0. The highest BCUT2D eigenvalue weighted by atomic mass is 14.9. The summed E-state index contributed by atoms with van der Waals surface area (Å²) in [5, 5.41) is 3.24. The smallest absolute Gasteiger partial charge is 0.00106 e. The summed E-state index contributed by atoms with van der Waals surface area (Å²) in [6.45, 7) is 4.51. The standard InChI is InChI=1S/C7H16N2/c1-6(8)2-3-7-4-9-5-7/h6-7,9H,2-5,8H2,1H3. The van der Waals surface area contributed by atoms with E-state index in [-0.39, 0.29) is 0 Å². The monoisotopic (exact) mass is 128 g/mol. The first-order chi connectivity index (χ1) is 4.29. The summed E-state index contributed by atoms with van der Waals surface area (Å²) in [6.07, 6.45) is 2.50. The first-order valence-electron chi connectivity index (χ1n) is 3.75. The predicted molar refractivity (Wildman–Crippen MR) is 39.2 cm³/mol. The maximum atomic E-state index is 5.60. The maximum Gasteiger partial charge on any atom is 0.00106 e. The van der Waals surface area contributed by atoms with E-state index in [4.69, 9.17) is 5.73 Å². The largest absolute Gasteiger partial charge is 0.328 e. The summed E-state index contributed by atoms with van der Waals surface area (Å²) in [6, 6.07) is 0.394. The molecule has 1 atom stereocenters. The van der Waals surface area contributed by atoms with E-state index in [0.29, 0.717) is 6.04 Å². The summed E-state index contributed by atoms with van der Waals surface area (Å²) in [4.78, 5) is 0. The van der Waals surface area contributed by atoms with Gasteiger partial charge in [0, 0.05) is 6.04 Å². The second kappa shape index (κ2) is 3.18. The van der Waals surface area contributed by atoms with Crippen molar-refractivity contribution in [3.05, 3.63) is 0 Å². The van der Waals surface area contributed by atoms with Gasteiger partial charge in [0.05, 0.1) is 0 Å². The van der Waals surface area contributed by atoms with Crippen molar-refractivity contribution in [2.24, 2.45) is 11.7 Å². The lowest BCUT2D eigenvalue weighted by atomic mass is 9.96. The third-order valence-electron chi connectivity index (χ3n) is 1.90. The highest BCUT2D eigenvalue weighted by molar-refractivity contribution is 4.75. The highest BCUT2D eigenvalue weighted by Crippen LogP contribution is 2.11. The topological polar surface area (TPSA) is 38.0 Å². The van der Waals surface area contributed by atoms with Gasteiger partial charge in [0.25, 0.3) is 0 Å². The molecule has 1 aliphatic heterocycles. The summed E-state index contributed by atoms with van der Waals surface area (Å²) < 4.78 is 0. The Morgan fingerprint density at radius 1 is 1.67 bits per heavy atom. The van der Waals surface area contributed by atoms with Crippen LogP contribution in [0.5, 0.6) is 0 Å². The highest BCUT2D eigenvalue weighted by Gasteiger charge is 2.15. The van der Waals surface area contributed by atoms with E-state index < -0.39 is 0 Å². The lowest BCUT2D eigenvalue weighted by Crippen LogP contribution is -2.42. The summed E-state index contributed by atoms with van der Waals surface area (Å²) in [5.74, 6) is 0.927. The number of hydrogen-bond acceptors (Lipinski definition) is 2. The van der Waals surface area contributed by atoms with Crippen LogP contribution in [0.25, 0.3) is 0 Å². The van der Waals surface area contributed by atoms with Crippen molar-refractivity contribution in [2.75, 3.05) is 13.1 Å². The van der Waals surface area contributed by atoms with Gasteiger partial charge in [-0.25, -0.2) is 0 Å². The SMILES string of the molecule is CC(N)CCC1CNC1. The van der Waals surface area contributed by atoms with Crippen LogP contribution in [-0.2, 0) is 0 Å². The molecule has 1 aliphatic rings. The van der Waals surface area contributed by atoms with Gasteiger partial charge in [0.1, 0.15) is 0 Å². The van der Waals surface area contributed by atoms with Crippen LogP contribution in [0.1, 0.15) is 19.8 Å². The zero-order chi connectivity index (χ0) is 6.69. The van der Waals surface area contributed by atoms with E-state index in [1.807, 2.05) is 0 Å². The normalized spacial score (nSPS) is 23.3. The first-order valence-corrected chi connectivity index (χ1v) is 3.75. The molecule has 0 saturated carbocycles. The number of hydrogen-bond donors (Lipinski definition) is 2. The third-order valence-corrected chi connectivity index (χ3v) is 1.90. The van der Waals surface area contributed by atoms with Crippen molar-refractivity contribution in [1.82, 2.24) is 5.32 Å². The number of nitrogens with two attached hydrogens (primary N) is 1. The van der Waals surface area contributed by atoms with Gasteiger partial charge in [-0.3, -0.25) is 0 Å². The summed E-state index contributed by atoms with van der Waals surface area (Å²) in [7, 11) is 0. The fourth-order valence-corrected chi connectivity index (χ4v) is 1.05. The van der Waals surface area contributed by atoms with E-state index in [9.17, 15) is 0 Å². The van der Waals surface area contributed by atoms with E-state index in [1.165, 1.54) is 25.9 Å². The van der Waals surface area contributed by atoms with Crippen LogP contribution >= 0.6 is 0 Å². The Morgan fingerprint density at radius 2 is 2.33 bits per heavy atom. The van der Waals surface area contributed by atoms with Gasteiger partial charge in [-0.2, -0.15) is 0 Å². The van der Waals surface area contributed by atoms with Crippen molar-refractivity contribution in [2.45, 2.75) is 25.8 Å². The van der Waals surface area contributed by atoms with E-state index in [1.54, 1.807) is 0 Å². The molecular formula is C7H16N2. The molecule has 1 fully saturated rings. The molecule has 1 unspecified atom stereocenters. The Kier molecular flexibility index (Phi) is 2.49. The minimum Gasteiger partial charge on any atom is -0.328 e. The van der Waals surface area contributed by atoms with Crippen LogP contribution in [0.15, 0.2) is 0 Å². The molecule has 0 aliphatic carbocycles. The molecule has 2 nitrogen and oxygen atoms in total. The van der Waals surface area contributed by atoms with Gasteiger partial charge in [-0.05, 0) is 38.8 Å². The molecule has 0 aromatic heterocycles. The van der Waals surface area contributed by atoms with Crippen molar-refractivity contribution >= 4 is 0 Å². The molecule has 1 rings (SSSR count). The third kappa shape index (κ3) is 2.33. The molecule has 0 aromatic carbocycles. The Hall–Kier alpha value is -0.0800. The molecule has 0 radical (unpaired) electrons. The Morgan fingerprint density at radius 3 is 2.67 bits per heavy atom. The van der Waals surface area contributed by atoms with E-state index >= 15 is 0 Å². The lowest BCUT2D eigenvalue weighted by Gasteiger charge is -2.27. The van der Waals surface area contributed by atoms with Crippen molar-refractivity contribution in [3.63, 3.8) is 0 Å². The Balaban J connectivity index is 1.91. The van der Waals surface area contributed by atoms with Gasteiger partial charge in [-0.1, -0.05) is 0 Å². The zero-order valence-corrected chi connectivity index (χ0v) is 6.06. The predicted octanol–water partition coefficient (Wildman–Crippen LogP) is 0.333. The second-order valence-electron chi connectivity index (χ2n) is 3.08. The molecule has 9 heavy (non-hydrogen) atoms. The van der Waals surface area contributed by atoms with Crippen molar-refractivity contribution in [3.8, 4) is 0 Å². The minimum atomic E-state index is 0.394. The Labute approximate surface area is 56.8 Å². The van der Waals surface area contributed by atoms with Crippen molar-refractivity contribution in [1.29, 1.82) is 0 Å². The van der Waals surface area contributed by atoms with Gasteiger partial charge < -0.3 is 11.1 Å². The molecular weight excluding hydrogens is 112 g/mol. The average molecular weight is 128 g/mol. The van der Waals surface area contributed by atoms with Crippen LogP contribution in [0.4, 0.5) is 0 Å². The molecule has 0 amide bonds. The molecule has 1 saturated heterocycles. The fourth-order valence-electron chi connectivity index (χ4n) is 1.05. The van der Waals surface area contributed by atoms with Gasteiger partial charge in [0.2, 0.25) is 0 Å². The zero-order valence-electron chi connectivity index (χ0n) is 6.06. The molecule has 54 valence electrons. The number of rotatable bonds is 3. The van der Waals surface area contributed by atoms with Crippen LogP contribution in [0.2, 0.25) is 0 Å². The summed E-state index contributed by atoms with van der Waals surface area (Å²) in [5.41, 5.74) is 5.60.